The average Bonchev–Trinajstić information content (AvgIpc) is 1.65. The van der Waals surface area contributed by atoms with Gasteiger partial charge in [0.2, 0.25) is 0 Å². The molecule has 0 saturated carbocycles. The van der Waals surface area contributed by atoms with E-state index in [0.717, 1.165) is 0 Å². The van der Waals surface area contributed by atoms with Gasteiger partial charge in [0, 0.05) is 0 Å². The van der Waals surface area contributed by atoms with E-state index in [1.54, 1.807) is 0 Å². The van der Waals surface area contributed by atoms with E-state index in [2.05, 4.69) is 21.5 Å². The molecule has 0 amide bonds. The van der Waals surface area contributed by atoms with Crippen molar-refractivity contribution < 1.29 is 0 Å². The highest BCUT2D eigenvalue weighted by atomic mass is 31.0. The van der Waals surface area contributed by atoms with Crippen molar-refractivity contribution in [1.82, 2.24) is 5.32 Å². The second kappa shape index (κ2) is 2.33. The van der Waals surface area contributed by atoms with Crippen molar-refractivity contribution in [3.8, 4) is 0 Å². The van der Waals surface area contributed by atoms with E-state index in [-0.39, 0.29) is 0 Å². The fourth-order valence-electron chi connectivity index (χ4n) is 0.998. The van der Waals surface area contributed by atoms with E-state index in [1.807, 2.05) is 0 Å². The second-order valence-electron chi connectivity index (χ2n) is 2.90. The van der Waals surface area contributed by atoms with Crippen molar-refractivity contribution in [2.24, 2.45) is 0 Å². The van der Waals surface area contributed by atoms with Crippen molar-refractivity contribution in [1.29, 1.82) is 0 Å². The lowest BCUT2D eigenvalue weighted by Crippen LogP contribution is -2.34. The largest absolute Gasteiger partial charge is 0.317 e. The molecule has 0 aromatic rings. The van der Waals surface area contributed by atoms with E-state index in [9.17, 15) is 0 Å². The first-order valence-electron chi connectivity index (χ1n) is 3.20. The minimum atomic E-state index is 0.533. The number of hydrogen-bond donors (Lipinski definition) is 1. The molecule has 1 saturated heterocycles. The molecule has 1 heterocycles. The Morgan fingerprint density at radius 1 is 1.38 bits per heavy atom. The van der Waals surface area contributed by atoms with E-state index < -0.39 is 0 Å². The molecule has 1 rings (SSSR count). The summed E-state index contributed by atoms with van der Waals surface area (Å²) in [5.41, 5.74) is 0. The van der Waals surface area contributed by atoms with Crippen LogP contribution in [0.5, 0.6) is 0 Å². The van der Waals surface area contributed by atoms with Gasteiger partial charge in [-0.3, -0.25) is 0 Å². The van der Waals surface area contributed by atoms with Crippen LogP contribution in [-0.2, 0) is 0 Å². The summed E-state index contributed by atoms with van der Waals surface area (Å²) in [6, 6.07) is 0. The van der Waals surface area contributed by atoms with Crippen LogP contribution in [0.2, 0.25) is 0 Å². The molecule has 8 heavy (non-hydrogen) atoms. The summed E-state index contributed by atoms with van der Waals surface area (Å²) in [6.07, 6.45) is 2.61. The Hall–Kier alpha value is 0.390. The Kier molecular flexibility index (Phi) is 1.89. The van der Waals surface area contributed by atoms with Crippen LogP contribution in [0.25, 0.3) is 0 Å². The van der Waals surface area contributed by atoms with Gasteiger partial charge in [0.1, 0.15) is 0 Å². The lowest BCUT2D eigenvalue weighted by atomic mass is 10.00. The van der Waals surface area contributed by atoms with Crippen LogP contribution in [0, 0.1) is 0 Å². The first kappa shape index (κ1) is 6.51. The molecule has 2 heteroatoms. The number of nitrogens with one attached hydrogen (secondary N) is 1. The first-order valence-corrected chi connectivity index (χ1v) is 3.78. The molecule has 1 aliphatic heterocycles. The smallest absolute Gasteiger partial charge is 0.00405 e. The molecule has 1 aliphatic rings. The SMILES string of the molecule is CC1(P)CCNCC1. The van der Waals surface area contributed by atoms with Crippen molar-refractivity contribution in [3.63, 3.8) is 0 Å². The maximum Gasteiger partial charge on any atom is -0.00405 e. The van der Waals surface area contributed by atoms with Gasteiger partial charge >= 0.3 is 0 Å². The molecule has 1 N–H and O–H groups in total. The summed E-state index contributed by atoms with van der Waals surface area (Å²) in [5, 5.41) is 3.86. The lowest BCUT2D eigenvalue weighted by Gasteiger charge is -2.29. The Morgan fingerprint density at radius 2 is 1.88 bits per heavy atom. The number of piperidine rings is 1. The fraction of sp³-hybridized carbons (Fsp3) is 1.00. The van der Waals surface area contributed by atoms with Gasteiger partial charge in [-0.25, -0.2) is 0 Å². The van der Waals surface area contributed by atoms with Crippen molar-refractivity contribution in [3.05, 3.63) is 0 Å². The molecule has 1 nitrogen and oxygen atoms in total. The van der Waals surface area contributed by atoms with Gasteiger partial charge in [-0.15, -0.1) is 9.24 Å². The van der Waals surface area contributed by atoms with Gasteiger partial charge in [0.05, 0.1) is 0 Å². The van der Waals surface area contributed by atoms with E-state index in [4.69, 9.17) is 0 Å². The zero-order valence-electron chi connectivity index (χ0n) is 5.41. The molecule has 0 radical (unpaired) electrons. The van der Waals surface area contributed by atoms with Crippen LogP contribution in [0.15, 0.2) is 0 Å². The van der Waals surface area contributed by atoms with E-state index in [1.165, 1.54) is 25.9 Å². The van der Waals surface area contributed by atoms with Crippen LogP contribution in [0.4, 0.5) is 0 Å². The molecular weight excluding hydrogens is 117 g/mol. The topological polar surface area (TPSA) is 12.0 Å². The van der Waals surface area contributed by atoms with Crippen LogP contribution in [0.1, 0.15) is 19.8 Å². The Bertz CT molecular complexity index is 72.6. The predicted molar refractivity (Wildman–Crippen MR) is 40.2 cm³/mol. The van der Waals surface area contributed by atoms with E-state index >= 15 is 0 Å². The predicted octanol–water partition coefficient (Wildman–Crippen LogP) is 1.00. The van der Waals surface area contributed by atoms with Gasteiger partial charge in [-0.05, 0) is 31.1 Å². The summed E-state index contributed by atoms with van der Waals surface area (Å²) in [4.78, 5) is 0. The van der Waals surface area contributed by atoms with Crippen molar-refractivity contribution in [2.75, 3.05) is 13.1 Å². The first-order chi connectivity index (χ1) is 3.71. The van der Waals surface area contributed by atoms with Gasteiger partial charge < -0.3 is 5.32 Å². The monoisotopic (exact) mass is 131 g/mol. The molecule has 0 bridgehead atoms. The number of hydrogen-bond acceptors (Lipinski definition) is 1. The molecule has 1 fully saturated rings. The summed E-state index contributed by atoms with van der Waals surface area (Å²) in [6.45, 7) is 4.69. The van der Waals surface area contributed by atoms with Gasteiger partial charge in [0.25, 0.3) is 0 Å². The maximum atomic E-state index is 3.33. The van der Waals surface area contributed by atoms with Gasteiger partial charge in [0.15, 0.2) is 0 Å². The highest BCUT2D eigenvalue weighted by molar-refractivity contribution is 7.18. The average molecular weight is 131 g/mol. The molecule has 1 atom stereocenters. The third-order valence-corrected chi connectivity index (χ3v) is 2.32. The molecular formula is C6H14NP. The molecule has 48 valence electrons. The highest BCUT2D eigenvalue weighted by Crippen LogP contribution is 2.27. The molecule has 0 aromatic carbocycles. The van der Waals surface area contributed by atoms with Crippen molar-refractivity contribution >= 4 is 9.24 Å². The quantitative estimate of drug-likeness (QED) is 0.484. The second-order valence-corrected chi connectivity index (χ2v) is 4.30. The molecule has 1 unspecified atom stereocenters. The Morgan fingerprint density at radius 3 is 2.12 bits per heavy atom. The highest BCUT2D eigenvalue weighted by Gasteiger charge is 2.19. The van der Waals surface area contributed by atoms with Crippen LogP contribution in [0.3, 0.4) is 0 Å². The summed E-state index contributed by atoms with van der Waals surface area (Å²) in [5.74, 6) is 0. The summed E-state index contributed by atoms with van der Waals surface area (Å²) >= 11 is 0. The lowest BCUT2D eigenvalue weighted by molar-refractivity contribution is 0.438. The van der Waals surface area contributed by atoms with Gasteiger partial charge in [-0.1, -0.05) is 6.92 Å². The zero-order valence-corrected chi connectivity index (χ0v) is 6.56. The van der Waals surface area contributed by atoms with Crippen LogP contribution >= 0.6 is 9.24 Å². The standard InChI is InChI=1S/C6H14NP/c1-6(8)2-4-7-5-3-6/h7H,2-5,8H2,1H3. The third-order valence-electron chi connectivity index (χ3n) is 1.75. The van der Waals surface area contributed by atoms with Crippen LogP contribution < -0.4 is 5.32 Å². The van der Waals surface area contributed by atoms with Crippen LogP contribution in [-0.4, -0.2) is 18.2 Å². The molecule has 0 aliphatic carbocycles. The fourth-order valence-corrected chi connectivity index (χ4v) is 1.29. The Balaban J connectivity index is 2.33. The van der Waals surface area contributed by atoms with Gasteiger partial charge in [-0.2, -0.15) is 0 Å². The summed E-state index contributed by atoms with van der Waals surface area (Å²) < 4.78 is 0. The minimum Gasteiger partial charge on any atom is -0.317 e. The number of rotatable bonds is 0. The molecule has 0 spiro atoms. The van der Waals surface area contributed by atoms with E-state index in [0.29, 0.717) is 5.16 Å². The Labute approximate surface area is 53.4 Å². The molecule has 0 aromatic heterocycles. The normalized spacial score (nSPS) is 27.8. The minimum absolute atomic E-state index is 0.533. The van der Waals surface area contributed by atoms with Crippen molar-refractivity contribution in [2.45, 2.75) is 24.9 Å². The third kappa shape index (κ3) is 1.72. The zero-order chi connectivity index (χ0) is 6.04. The maximum absolute atomic E-state index is 3.33. The summed E-state index contributed by atoms with van der Waals surface area (Å²) in [7, 11) is 2.92.